The average Bonchev–Trinajstić information content (AvgIpc) is 3.47. The fourth-order valence-corrected chi connectivity index (χ4v) is 4.01. The number of benzene rings is 1. The number of nitrogens with one attached hydrogen (secondary N) is 1. The van der Waals surface area contributed by atoms with Gasteiger partial charge in [-0.1, -0.05) is 12.1 Å². The predicted molar refractivity (Wildman–Crippen MR) is 118 cm³/mol. The lowest BCUT2D eigenvalue weighted by atomic mass is 10.0. The van der Waals surface area contributed by atoms with Crippen LogP contribution in [0.5, 0.6) is 5.75 Å². The van der Waals surface area contributed by atoms with E-state index < -0.39 is 0 Å². The molecule has 3 heterocycles. The molecule has 8 nitrogen and oxygen atoms in total. The number of ether oxygens (including phenoxy) is 2. The summed E-state index contributed by atoms with van der Waals surface area (Å²) in [5.41, 5.74) is 1.57. The highest BCUT2D eigenvalue weighted by Gasteiger charge is 2.27. The zero-order valence-electron chi connectivity index (χ0n) is 18.2. The second kappa shape index (κ2) is 9.73. The van der Waals surface area contributed by atoms with Gasteiger partial charge in [0.2, 0.25) is 5.88 Å². The average molecular weight is 434 g/mol. The molecule has 1 fully saturated rings. The van der Waals surface area contributed by atoms with Crippen molar-refractivity contribution in [2.24, 2.45) is 0 Å². The van der Waals surface area contributed by atoms with Gasteiger partial charge in [0, 0.05) is 32.0 Å². The van der Waals surface area contributed by atoms with Gasteiger partial charge >= 0.3 is 0 Å². The van der Waals surface area contributed by atoms with Gasteiger partial charge < -0.3 is 19.2 Å². The second-order valence-corrected chi connectivity index (χ2v) is 7.56. The topological polar surface area (TPSA) is 92.7 Å². The first kappa shape index (κ1) is 21.7. The molecular formula is C24H26N4O4. The fourth-order valence-electron chi connectivity index (χ4n) is 4.01. The van der Waals surface area contributed by atoms with E-state index in [1.165, 1.54) is 0 Å². The number of rotatable bonds is 7. The van der Waals surface area contributed by atoms with Crippen molar-refractivity contribution < 1.29 is 18.7 Å². The molecule has 3 aromatic rings. The minimum Gasteiger partial charge on any atom is -0.497 e. The number of methoxy groups -OCH3 is 1. The van der Waals surface area contributed by atoms with E-state index in [0.717, 1.165) is 24.4 Å². The molecule has 1 atom stereocenters. The first-order chi connectivity index (χ1) is 15.6. The Morgan fingerprint density at radius 3 is 2.53 bits per heavy atom. The highest BCUT2D eigenvalue weighted by molar-refractivity contribution is 5.98. The van der Waals surface area contributed by atoms with Gasteiger partial charge in [0.15, 0.2) is 0 Å². The monoisotopic (exact) mass is 434 g/mol. The van der Waals surface area contributed by atoms with Crippen molar-refractivity contribution in [3.05, 3.63) is 71.2 Å². The van der Waals surface area contributed by atoms with E-state index in [1.54, 1.807) is 31.0 Å². The molecule has 166 valence electrons. The van der Waals surface area contributed by atoms with E-state index in [9.17, 15) is 10.1 Å². The van der Waals surface area contributed by atoms with Crippen LogP contribution >= 0.6 is 0 Å². The van der Waals surface area contributed by atoms with Crippen LogP contribution in [0, 0.1) is 18.3 Å². The number of furan rings is 1. The standard InChI is InChI=1S/C24H26N4O4/c1-17-22(20(15-25)24(32-17)28-9-3-4-10-28)23(29)26-16-21(27-11-13-31-14-12-27)18-5-7-19(30-2)8-6-18/h3-10,21H,11-14,16H2,1-2H3,(H,26,29). The number of carbonyl (C=O) groups excluding carboxylic acids is 1. The van der Waals surface area contributed by atoms with Crippen molar-refractivity contribution in [2.45, 2.75) is 13.0 Å². The Kier molecular flexibility index (Phi) is 6.59. The first-order valence-electron chi connectivity index (χ1n) is 10.5. The number of amides is 1. The van der Waals surface area contributed by atoms with Gasteiger partial charge in [0.25, 0.3) is 5.91 Å². The smallest absolute Gasteiger partial charge is 0.256 e. The van der Waals surface area contributed by atoms with E-state index >= 15 is 0 Å². The largest absolute Gasteiger partial charge is 0.497 e. The van der Waals surface area contributed by atoms with Crippen LogP contribution in [0.2, 0.25) is 0 Å². The van der Waals surface area contributed by atoms with E-state index in [-0.39, 0.29) is 23.1 Å². The lowest BCUT2D eigenvalue weighted by Crippen LogP contribution is -2.43. The van der Waals surface area contributed by atoms with E-state index in [4.69, 9.17) is 13.9 Å². The van der Waals surface area contributed by atoms with E-state index in [2.05, 4.69) is 16.3 Å². The normalized spacial score (nSPS) is 15.2. The Balaban J connectivity index is 1.56. The lowest BCUT2D eigenvalue weighted by Gasteiger charge is -2.35. The van der Waals surface area contributed by atoms with Crippen molar-refractivity contribution >= 4 is 5.91 Å². The van der Waals surface area contributed by atoms with Crippen molar-refractivity contribution in [3.63, 3.8) is 0 Å². The van der Waals surface area contributed by atoms with Crippen LogP contribution in [0.1, 0.15) is 33.3 Å². The molecule has 32 heavy (non-hydrogen) atoms. The SMILES string of the molecule is COc1ccc(C(CNC(=O)c2c(C)oc(-n3cccc3)c2C#N)N2CCOCC2)cc1. The molecule has 1 amide bonds. The number of aromatic nitrogens is 1. The van der Waals surface area contributed by atoms with Crippen molar-refractivity contribution in [2.75, 3.05) is 40.0 Å². The summed E-state index contributed by atoms with van der Waals surface area (Å²) in [6.45, 7) is 4.95. The van der Waals surface area contributed by atoms with Gasteiger partial charge in [-0.15, -0.1) is 0 Å². The van der Waals surface area contributed by atoms with Crippen LogP contribution in [-0.4, -0.2) is 55.3 Å². The third-order valence-corrected chi connectivity index (χ3v) is 5.69. The minimum atomic E-state index is -0.326. The van der Waals surface area contributed by atoms with Gasteiger partial charge in [0.05, 0.1) is 26.4 Å². The Morgan fingerprint density at radius 1 is 1.22 bits per heavy atom. The summed E-state index contributed by atoms with van der Waals surface area (Å²) in [5, 5.41) is 12.8. The molecule has 1 N–H and O–H groups in total. The third kappa shape index (κ3) is 4.40. The molecule has 1 unspecified atom stereocenters. The van der Waals surface area contributed by atoms with Crippen LogP contribution in [0.25, 0.3) is 5.88 Å². The van der Waals surface area contributed by atoms with Gasteiger partial charge in [-0.25, -0.2) is 0 Å². The molecule has 1 aliphatic rings. The fraction of sp³-hybridized carbons (Fsp3) is 0.333. The Hall–Kier alpha value is -3.54. The summed E-state index contributed by atoms with van der Waals surface area (Å²) in [7, 11) is 1.64. The van der Waals surface area contributed by atoms with Crippen molar-refractivity contribution in [3.8, 4) is 17.7 Å². The van der Waals surface area contributed by atoms with Crippen LogP contribution in [0.15, 0.2) is 53.2 Å². The van der Waals surface area contributed by atoms with Crippen LogP contribution in [-0.2, 0) is 4.74 Å². The Labute approximate surface area is 186 Å². The van der Waals surface area contributed by atoms with Gasteiger partial charge in [-0.3, -0.25) is 14.3 Å². The minimum absolute atomic E-state index is 0.0320. The number of nitriles is 1. The second-order valence-electron chi connectivity index (χ2n) is 7.56. The van der Waals surface area contributed by atoms with Gasteiger partial charge in [0.1, 0.15) is 28.7 Å². The molecule has 0 aliphatic carbocycles. The molecule has 2 aromatic heterocycles. The molecule has 0 bridgehead atoms. The highest BCUT2D eigenvalue weighted by Crippen LogP contribution is 2.27. The zero-order valence-corrected chi connectivity index (χ0v) is 18.2. The zero-order chi connectivity index (χ0) is 22.5. The summed E-state index contributed by atoms with van der Waals surface area (Å²) >= 11 is 0. The first-order valence-corrected chi connectivity index (χ1v) is 10.5. The Bertz CT molecular complexity index is 1090. The molecule has 0 radical (unpaired) electrons. The molecule has 4 rings (SSSR count). The molecule has 1 saturated heterocycles. The number of morpholine rings is 1. The van der Waals surface area contributed by atoms with Crippen LogP contribution in [0.3, 0.4) is 0 Å². The summed E-state index contributed by atoms with van der Waals surface area (Å²) in [6.07, 6.45) is 3.55. The number of nitrogens with zero attached hydrogens (tertiary/aromatic N) is 3. The predicted octanol–water partition coefficient (Wildman–Crippen LogP) is 3.06. The lowest BCUT2D eigenvalue weighted by molar-refractivity contribution is 0.0162. The molecule has 1 aromatic carbocycles. The van der Waals surface area contributed by atoms with Crippen LogP contribution in [0.4, 0.5) is 0 Å². The summed E-state index contributed by atoms with van der Waals surface area (Å²) in [5.74, 6) is 1.21. The van der Waals surface area contributed by atoms with Gasteiger partial charge in [-0.2, -0.15) is 5.26 Å². The van der Waals surface area contributed by atoms with Crippen molar-refractivity contribution in [1.82, 2.24) is 14.8 Å². The highest BCUT2D eigenvalue weighted by atomic mass is 16.5. The van der Waals surface area contributed by atoms with E-state index in [1.807, 2.05) is 36.4 Å². The molecule has 8 heteroatoms. The van der Waals surface area contributed by atoms with Crippen molar-refractivity contribution in [1.29, 1.82) is 5.26 Å². The molecular weight excluding hydrogens is 408 g/mol. The summed E-state index contributed by atoms with van der Waals surface area (Å²) < 4.78 is 18.2. The number of hydrogen-bond acceptors (Lipinski definition) is 6. The summed E-state index contributed by atoms with van der Waals surface area (Å²) in [6, 6.07) is 13.6. The number of aryl methyl sites for hydroxylation is 1. The number of hydrogen-bond donors (Lipinski definition) is 1. The quantitative estimate of drug-likeness (QED) is 0.614. The Morgan fingerprint density at radius 2 is 1.91 bits per heavy atom. The maximum absolute atomic E-state index is 13.2. The molecule has 1 aliphatic heterocycles. The number of carbonyl (C=O) groups is 1. The third-order valence-electron chi connectivity index (χ3n) is 5.69. The maximum Gasteiger partial charge on any atom is 0.256 e. The molecule has 0 saturated carbocycles. The van der Waals surface area contributed by atoms with E-state index in [0.29, 0.717) is 31.4 Å². The van der Waals surface area contributed by atoms with Crippen LogP contribution < -0.4 is 10.1 Å². The molecule has 0 spiro atoms. The van der Waals surface area contributed by atoms with Gasteiger partial charge in [-0.05, 0) is 36.8 Å². The summed E-state index contributed by atoms with van der Waals surface area (Å²) in [4.78, 5) is 15.4. The maximum atomic E-state index is 13.2.